The molecule has 0 bridgehead atoms. The van der Waals surface area contributed by atoms with Crippen LogP contribution in [0.2, 0.25) is 5.28 Å². The second kappa shape index (κ2) is 9.73. The van der Waals surface area contributed by atoms with Crippen molar-refractivity contribution in [2.45, 2.75) is 36.6 Å². The summed E-state index contributed by atoms with van der Waals surface area (Å²) in [5.74, 6) is -3.71. The zero-order valence-electron chi connectivity index (χ0n) is 18.2. The van der Waals surface area contributed by atoms with Crippen LogP contribution in [0.15, 0.2) is 30.6 Å². The highest BCUT2D eigenvalue weighted by atomic mass is 35.5. The molecule has 0 amide bonds. The molecule has 36 heavy (non-hydrogen) atoms. The van der Waals surface area contributed by atoms with Gasteiger partial charge in [0.15, 0.2) is 23.9 Å². The van der Waals surface area contributed by atoms with Crippen molar-refractivity contribution in [3.8, 4) is 0 Å². The van der Waals surface area contributed by atoms with E-state index >= 15 is 4.39 Å². The quantitative estimate of drug-likeness (QED) is 0.173. The maximum absolute atomic E-state index is 15.0. The molecule has 4 rings (SSSR count). The Balaban J connectivity index is 1.56. The van der Waals surface area contributed by atoms with Gasteiger partial charge in [0.25, 0.3) is 5.60 Å². The molecule has 0 unspecified atom stereocenters. The molecule has 0 spiro atoms. The average molecular weight is 524 g/mol. The highest BCUT2D eigenvalue weighted by molar-refractivity contribution is 6.28. The normalized spacial score (nSPS) is 22.1. The molecular formula is C21H19ClFN5O8. The average Bonchev–Trinajstić information content (AvgIpc) is 3.37. The summed E-state index contributed by atoms with van der Waals surface area (Å²) in [4.78, 5) is 46.6. The standard InChI is InChI=1S/C21H19ClFN5O8/c22-20-26-15(24)13-16(27-20)28(8-25-13)17-12(23)14(30)11(36-17)7-35-21(18(31)32,19(33)34)5-9-1-3-10(6-29)4-2-9/h1-4,6,8,11-12,14,17,30H,5,7H2,(H,31,32)(H,33,34)(H2,24,26,27)/t11-,12+,14-,17-/m1/s1. The van der Waals surface area contributed by atoms with Gasteiger partial charge in [-0.25, -0.2) is 19.0 Å². The number of hydrogen-bond donors (Lipinski definition) is 4. The van der Waals surface area contributed by atoms with Crippen molar-refractivity contribution in [2.24, 2.45) is 0 Å². The number of aromatic nitrogens is 4. The summed E-state index contributed by atoms with van der Waals surface area (Å²) in [6.07, 6.45) is -5.69. The van der Waals surface area contributed by atoms with Crippen LogP contribution < -0.4 is 5.73 Å². The lowest BCUT2D eigenvalue weighted by atomic mass is 9.93. The summed E-state index contributed by atoms with van der Waals surface area (Å²) in [6.45, 7) is -0.784. The minimum Gasteiger partial charge on any atom is -0.479 e. The number of rotatable bonds is 9. The Morgan fingerprint density at radius 1 is 1.25 bits per heavy atom. The molecule has 13 nitrogen and oxygen atoms in total. The number of carboxylic acid groups (broad SMARTS) is 2. The van der Waals surface area contributed by atoms with E-state index in [1.807, 2.05) is 0 Å². The fraction of sp³-hybridized carbons (Fsp3) is 0.333. The topological polar surface area (TPSA) is 200 Å². The van der Waals surface area contributed by atoms with E-state index in [4.69, 9.17) is 26.8 Å². The zero-order valence-corrected chi connectivity index (χ0v) is 18.9. The molecule has 15 heteroatoms. The first-order chi connectivity index (χ1) is 17.1. The van der Waals surface area contributed by atoms with Crippen molar-refractivity contribution in [2.75, 3.05) is 12.3 Å². The van der Waals surface area contributed by atoms with Crippen LogP contribution in [-0.2, 0) is 25.5 Å². The van der Waals surface area contributed by atoms with Crippen LogP contribution in [0.3, 0.4) is 0 Å². The van der Waals surface area contributed by atoms with Crippen LogP contribution in [0.4, 0.5) is 10.2 Å². The molecule has 3 heterocycles. The van der Waals surface area contributed by atoms with Crippen LogP contribution in [0.5, 0.6) is 0 Å². The number of halogens is 2. The number of aldehydes is 1. The predicted octanol–water partition coefficient (Wildman–Crippen LogP) is 0.638. The van der Waals surface area contributed by atoms with Crippen LogP contribution >= 0.6 is 11.6 Å². The van der Waals surface area contributed by atoms with Gasteiger partial charge in [0.05, 0.1) is 12.9 Å². The van der Waals surface area contributed by atoms with Crippen LogP contribution in [0.25, 0.3) is 11.2 Å². The van der Waals surface area contributed by atoms with Crippen LogP contribution in [0.1, 0.15) is 22.1 Å². The fourth-order valence-corrected chi connectivity index (χ4v) is 3.98. The van der Waals surface area contributed by atoms with Crippen molar-refractivity contribution in [1.29, 1.82) is 0 Å². The number of carboxylic acids is 2. The molecule has 0 aliphatic carbocycles. The van der Waals surface area contributed by atoms with Crippen LogP contribution in [0, 0.1) is 0 Å². The van der Waals surface area contributed by atoms with E-state index in [0.29, 0.717) is 11.8 Å². The molecule has 1 saturated heterocycles. The molecule has 0 saturated carbocycles. The molecule has 190 valence electrons. The Bertz CT molecular complexity index is 1310. The van der Waals surface area contributed by atoms with E-state index < -0.39 is 55.2 Å². The molecule has 4 atom stereocenters. The first-order valence-corrected chi connectivity index (χ1v) is 10.7. The number of aliphatic carboxylic acids is 2. The van der Waals surface area contributed by atoms with Gasteiger partial charge in [-0.15, -0.1) is 0 Å². The van der Waals surface area contributed by atoms with Gasteiger partial charge < -0.3 is 30.5 Å². The number of nitrogens with zero attached hydrogens (tertiary/aromatic N) is 4. The van der Waals surface area contributed by atoms with Gasteiger partial charge in [0.2, 0.25) is 5.28 Å². The number of carbonyl (C=O) groups excluding carboxylic acids is 1. The number of imidazole rings is 1. The summed E-state index contributed by atoms with van der Waals surface area (Å²) in [5.41, 5.74) is 3.65. The van der Waals surface area contributed by atoms with Crippen molar-refractivity contribution >= 4 is 46.8 Å². The third kappa shape index (κ3) is 4.46. The van der Waals surface area contributed by atoms with Gasteiger partial charge in [0.1, 0.15) is 24.0 Å². The first kappa shape index (κ1) is 25.4. The Morgan fingerprint density at radius 2 is 1.92 bits per heavy atom. The SMILES string of the molecule is Nc1nc(Cl)nc2c1ncn2[C@@H]1O[C@H](COC(Cc2ccc(C=O)cc2)(C(=O)O)C(=O)O)[C@@H](O)[C@@H]1F. The van der Waals surface area contributed by atoms with Crippen molar-refractivity contribution < 1.29 is 43.6 Å². The number of carbonyl (C=O) groups is 3. The molecule has 3 aromatic rings. The number of aliphatic hydroxyl groups is 1. The summed E-state index contributed by atoms with van der Waals surface area (Å²) in [5, 5.41) is 29.6. The second-order valence-electron chi connectivity index (χ2n) is 7.99. The molecule has 1 aliphatic heterocycles. The number of ether oxygens (including phenoxy) is 2. The van der Waals surface area contributed by atoms with Gasteiger partial charge in [-0.05, 0) is 17.2 Å². The molecule has 0 radical (unpaired) electrons. The number of alkyl halides is 1. The van der Waals surface area contributed by atoms with Crippen molar-refractivity contribution in [1.82, 2.24) is 19.5 Å². The summed E-state index contributed by atoms with van der Waals surface area (Å²) >= 11 is 5.82. The lowest BCUT2D eigenvalue weighted by Crippen LogP contribution is -2.52. The van der Waals surface area contributed by atoms with E-state index in [1.54, 1.807) is 0 Å². The lowest BCUT2D eigenvalue weighted by Gasteiger charge is -2.27. The largest absolute Gasteiger partial charge is 0.479 e. The maximum Gasteiger partial charge on any atom is 0.348 e. The monoisotopic (exact) mass is 523 g/mol. The number of anilines is 1. The van der Waals surface area contributed by atoms with Gasteiger partial charge in [-0.2, -0.15) is 9.97 Å². The number of aliphatic hydroxyl groups excluding tert-OH is 1. The lowest BCUT2D eigenvalue weighted by molar-refractivity contribution is -0.190. The minimum atomic E-state index is -2.79. The molecule has 1 aliphatic rings. The predicted molar refractivity (Wildman–Crippen MR) is 119 cm³/mol. The molecular weight excluding hydrogens is 505 g/mol. The maximum atomic E-state index is 15.0. The van der Waals surface area contributed by atoms with Crippen LogP contribution in [-0.4, -0.2) is 83.7 Å². The fourth-order valence-electron chi connectivity index (χ4n) is 3.81. The van der Waals surface area contributed by atoms with Crippen molar-refractivity contribution in [3.63, 3.8) is 0 Å². The number of benzene rings is 1. The molecule has 5 N–H and O–H groups in total. The first-order valence-electron chi connectivity index (χ1n) is 10.4. The van der Waals surface area contributed by atoms with E-state index in [9.17, 15) is 29.7 Å². The molecule has 1 fully saturated rings. The summed E-state index contributed by atoms with van der Waals surface area (Å²) in [7, 11) is 0. The molecule has 1 aromatic carbocycles. The smallest absolute Gasteiger partial charge is 0.348 e. The third-order valence-electron chi connectivity index (χ3n) is 5.74. The van der Waals surface area contributed by atoms with E-state index in [1.165, 1.54) is 24.3 Å². The van der Waals surface area contributed by atoms with E-state index in [2.05, 4.69) is 15.0 Å². The summed E-state index contributed by atoms with van der Waals surface area (Å²) in [6, 6.07) is 5.53. The van der Waals surface area contributed by atoms with Gasteiger partial charge >= 0.3 is 11.9 Å². The Hall–Kier alpha value is -3.72. The van der Waals surface area contributed by atoms with Gasteiger partial charge in [-0.3, -0.25) is 9.36 Å². The number of nitrogen functional groups attached to an aromatic ring is 1. The van der Waals surface area contributed by atoms with E-state index in [0.717, 1.165) is 10.9 Å². The number of nitrogens with two attached hydrogens (primary N) is 1. The minimum absolute atomic E-state index is 0.0260. The second-order valence-corrected chi connectivity index (χ2v) is 8.32. The molecule has 2 aromatic heterocycles. The Labute approximate surface area is 206 Å². The highest BCUT2D eigenvalue weighted by Gasteiger charge is 2.52. The Kier molecular flexibility index (Phi) is 6.86. The van der Waals surface area contributed by atoms with Crippen molar-refractivity contribution in [3.05, 3.63) is 47.0 Å². The Morgan fingerprint density at radius 3 is 2.53 bits per heavy atom. The third-order valence-corrected chi connectivity index (χ3v) is 5.91. The number of fused-ring (bicyclic) bond motifs is 1. The highest BCUT2D eigenvalue weighted by Crippen LogP contribution is 2.35. The van der Waals surface area contributed by atoms with Gasteiger partial charge in [0, 0.05) is 12.0 Å². The van der Waals surface area contributed by atoms with E-state index in [-0.39, 0.29) is 27.8 Å². The number of hydrogen-bond acceptors (Lipinski definition) is 10. The van der Waals surface area contributed by atoms with Gasteiger partial charge in [-0.1, -0.05) is 24.3 Å². The summed E-state index contributed by atoms with van der Waals surface area (Å²) < 4.78 is 27.0. The zero-order chi connectivity index (χ0) is 26.2.